The zero-order chi connectivity index (χ0) is 17.6. The maximum Gasteiger partial charge on any atom is 0.331 e. The van der Waals surface area contributed by atoms with E-state index in [4.69, 9.17) is 9.47 Å². The summed E-state index contributed by atoms with van der Waals surface area (Å²) in [5.74, 6) is -2.08. The van der Waals surface area contributed by atoms with Gasteiger partial charge in [-0.3, -0.25) is 4.79 Å². The van der Waals surface area contributed by atoms with Crippen molar-refractivity contribution >= 4 is 11.9 Å². The molecule has 1 rings (SSSR count). The molecule has 0 radical (unpaired) electrons. The van der Waals surface area contributed by atoms with Crippen LogP contribution in [0.15, 0.2) is 22.8 Å². The van der Waals surface area contributed by atoms with Crippen molar-refractivity contribution in [2.45, 2.75) is 33.0 Å². The number of nitrogens with one attached hydrogen (secondary N) is 1. The summed E-state index contributed by atoms with van der Waals surface area (Å²) in [6, 6.07) is 0. The van der Waals surface area contributed by atoms with Gasteiger partial charge in [-0.05, 0) is 30.9 Å². The van der Waals surface area contributed by atoms with Gasteiger partial charge in [-0.1, -0.05) is 13.0 Å². The van der Waals surface area contributed by atoms with Gasteiger partial charge in [0.05, 0.1) is 5.41 Å². The lowest BCUT2D eigenvalue weighted by atomic mass is 9.72. The summed E-state index contributed by atoms with van der Waals surface area (Å²) in [5, 5.41) is 22.1. The van der Waals surface area contributed by atoms with Crippen LogP contribution in [0.5, 0.6) is 0 Å². The van der Waals surface area contributed by atoms with Crippen LogP contribution in [0, 0.1) is 5.41 Å². The molecule has 23 heavy (non-hydrogen) atoms. The molecule has 0 aliphatic heterocycles. The zero-order valence-corrected chi connectivity index (χ0v) is 14.0. The Hall–Kier alpha value is -1.70. The van der Waals surface area contributed by atoms with Gasteiger partial charge in [-0.25, -0.2) is 4.79 Å². The quantitative estimate of drug-likeness (QED) is 0.550. The number of ether oxygens (including phenoxy) is 2. The van der Waals surface area contributed by atoms with Crippen LogP contribution >= 0.6 is 0 Å². The molecule has 0 aromatic carbocycles. The lowest BCUT2D eigenvalue weighted by Crippen LogP contribution is -2.36. The highest BCUT2D eigenvalue weighted by molar-refractivity contribution is 5.92. The monoisotopic (exact) mass is 327 g/mol. The molecule has 0 heterocycles. The van der Waals surface area contributed by atoms with Crippen molar-refractivity contribution in [1.82, 2.24) is 5.32 Å². The molecule has 0 aromatic rings. The summed E-state index contributed by atoms with van der Waals surface area (Å²) in [4.78, 5) is 23.2. The molecule has 0 aromatic heterocycles. The average molecular weight is 327 g/mol. The minimum absolute atomic E-state index is 0.0134. The maximum absolute atomic E-state index is 11.6. The maximum atomic E-state index is 11.6. The van der Waals surface area contributed by atoms with Crippen LogP contribution in [0.3, 0.4) is 0 Å². The minimum Gasteiger partial charge on any atom is -0.481 e. The van der Waals surface area contributed by atoms with Gasteiger partial charge in [-0.15, -0.1) is 0 Å². The number of methoxy groups -OCH3 is 2. The molecule has 1 aliphatic carbocycles. The molecular weight excluding hydrogens is 302 g/mol. The van der Waals surface area contributed by atoms with Crippen molar-refractivity contribution in [3.63, 3.8) is 0 Å². The van der Waals surface area contributed by atoms with Crippen molar-refractivity contribution in [3.8, 4) is 0 Å². The SMILES string of the molecule is CCC1(C(=O)O)C=C(C)C(CNCC(OC)OC)=C(C(=O)O)C1. The Morgan fingerprint density at radius 2 is 1.96 bits per heavy atom. The molecule has 0 fully saturated rings. The second-order valence-electron chi connectivity index (χ2n) is 5.61. The topological polar surface area (TPSA) is 105 Å². The van der Waals surface area contributed by atoms with E-state index in [0.717, 1.165) is 0 Å². The van der Waals surface area contributed by atoms with Crippen LogP contribution in [-0.2, 0) is 19.1 Å². The molecular formula is C16H25NO6. The van der Waals surface area contributed by atoms with Gasteiger partial charge in [0, 0.05) is 32.9 Å². The molecule has 7 heteroatoms. The van der Waals surface area contributed by atoms with Gasteiger partial charge >= 0.3 is 11.9 Å². The molecule has 130 valence electrons. The Morgan fingerprint density at radius 1 is 1.35 bits per heavy atom. The Bertz CT molecular complexity index is 521. The molecule has 1 aliphatic rings. The number of carbonyl (C=O) groups is 2. The van der Waals surface area contributed by atoms with E-state index in [0.29, 0.717) is 30.7 Å². The third-order valence-corrected chi connectivity index (χ3v) is 4.28. The Labute approximate surface area is 136 Å². The lowest BCUT2D eigenvalue weighted by molar-refractivity contribution is -0.146. The lowest BCUT2D eigenvalue weighted by Gasteiger charge is -2.32. The average Bonchev–Trinajstić information content (AvgIpc) is 2.51. The molecule has 1 atom stereocenters. The fourth-order valence-electron chi connectivity index (χ4n) is 2.76. The summed E-state index contributed by atoms with van der Waals surface area (Å²) in [6.07, 6.45) is 1.57. The summed E-state index contributed by atoms with van der Waals surface area (Å²) in [7, 11) is 3.04. The number of hydrogen-bond donors (Lipinski definition) is 3. The van der Waals surface area contributed by atoms with E-state index < -0.39 is 23.6 Å². The summed E-state index contributed by atoms with van der Waals surface area (Å²) in [6.45, 7) is 4.21. The van der Waals surface area contributed by atoms with Crippen LogP contribution in [0.2, 0.25) is 0 Å². The van der Waals surface area contributed by atoms with Crippen molar-refractivity contribution in [1.29, 1.82) is 0 Å². The fourth-order valence-corrected chi connectivity index (χ4v) is 2.76. The molecule has 0 bridgehead atoms. The highest BCUT2D eigenvalue weighted by Gasteiger charge is 2.40. The fraction of sp³-hybridized carbons (Fsp3) is 0.625. The largest absolute Gasteiger partial charge is 0.481 e. The number of carboxylic acids is 2. The van der Waals surface area contributed by atoms with E-state index in [2.05, 4.69) is 5.32 Å². The van der Waals surface area contributed by atoms with E-state index in [-0.39, 0.29) is 12.0 Å². The molecule has 3 N–H and O–H groups in total. The van der Waals surface area contributed by atoms with Crippen LogP contribution in [-0.4, -0.2) is 55.8 Å². The second-order valence-corrected chi connectivity index (χ2v) is 5.61. The first kappa shape index (κ1) is 19.3. The van der Waals surface area contributed by atoms with Gasteiger partial charge in [0.15, 0.2) is 6.29 Å². The Kier molecular flexibility index (Phi) is 6.93. The van der Waals surface area contributed by atoms with Gasteiger partial charge in [0.25, 0.3) is 0 Å². The normalized spacial score (nSPS) is 21.5. The highest BCUT2D eigenvalue weighted by atomic mass is 16.7. The predicted octanol–water partition coefficient (Wildman–Crippen LogP) is 1.41. The highest BCUT2D eigenvalue weighted by Crippen LogP contribution is 2.40. The van der Waals surface area contributed by atoms with Crippen LogP contribution in [0.4, 0.5) is 0 Å². The third-order valence-electron chi connectivity index (χ3n) is 4.28. The van der Waals surface area contributed by atoms with E-state index in [1.54, 1.807) is 19.9 Å². The molecule has 1 unspecified atom stereocenters. The first-order valence-corrected chi connectivity index (χ1v) is 7.46. The Morgan fingerprint density at radius 3 is 2.39 bits per heavy atom. The smallest absolute Gasteiger partial charge is 0.331 e. The Balaban J connectivity index is 3.00. The summed E-state index contributed by atoms with van der Waals surface area (Å²) in [5.41, 5.74) is 0.293. The number of aliphatic carboxylic acids is 2. The van der Waals surface area contributed by atoms with Crippen LogP contribution in [0.1, 0.15) is 26.7 Å². The minimum atomic E-state index is -1.15. The first-order valence-electron chi connectivity index (χ1n) is 7.46. The van der Waals surface area contributed by atoms with E-state index >= 15 is 0 Å². The van der Waals surface area contributed by atoms with Crippen LogP contribution < -0.4 is 5.32 Å². The van der Waals surface area contributed by atoms with Crippen molar-refractivity contribution in [2.24, 2.45) is 5.41 Å². The van der Waals surface area contributed by atoms with E-state index in [9.17, 15) is 19.8 Å². The molecule has 0 saturated heterocycles. The summed E-state index contributed by atoms with van der Waals surface area (Å²) < 4.78 is 10.1. The second kappa shape index (κ2) is 8.24. The van der Waals surface area contributed by atoms with Crippen molar-refractivity contribution in [3.05, 3.63) is 22.8 Å². The summed E-state index contributed by atoms with van der Waals surface area (Å²) >= 11 is 0. The predicted molar refractivity (Wildman–Crippen MR) is 84.1 cm³/mol. The van der Waals surface area contributed by atoms with E-state index in [1.165, 1.54) is 14.2 Å². The number of carboxylic acid groups (broad SMARTS) is 2. The van der Waals surface area contributed by atoms with Gasteiger partial charge in [0.2, 0.25) is 0 Å². The van der Waals surface area contributed by atoms with Gasteiger partial charge in [0.1, 0.15) is 0 Å². The van der Waals surface area contributed by atoms with Gasteiger partial charge in [-0.2, -0.15) is 0 Å². The molecule has 0 spiro atoms. The zero-order valence-electron chi connectivity index (χ0n) is 14.0. The van der Waals surface area contributed by atoms with E-state index in [1.807, 2.05) is 0 Å². The number of rotatable bonds is 9. The standard InChI is InChI=1S/C16H25NO6/c1-5-16(15(20)21)6-10(2)12(11(7-16)14(18)19)8-17-9-13(22-3)23-4/h6,13,17H,5,7-9H2,1-4H3,(H,18,19)(H,20,21). The molecule has 0 saturated carbocycles. The first-order chi connectivity index (χ1) is 10.8. The van der Waals surface area contributed by atoms with Crippen LogP contribution in [0.25, 0.3) is 0 Å². The molecule has 7 nitrogen and oxygen atoms in total. The van der Waals surface area contributed by atoms with Gasteiger partial charge < -0.3 is 25.0 Å². The molecule has 0 amide bonds. The number of hydrogen-bond acceptors (Lipinski definition) is 5. The third kappa shape index (κ3) is 4.40. The van der Waals surface area contributed by atoms with Crippen molar-refractivity contribution in [2.75, 3.05) is 27.3 Å². The van der Waals surface area contributed by atoms with Crippen molar-refractivity contribution < 1.29 is 29.3 Å².